The minimum absolute atomic E-state index is 0.0229. The first-order chi connectivity index (χ1) is 18.1. The highest BCUT2D eigenvalue weighted by atomic mass is 16.6. The molecule has 9 heteroatoms. The highest BCUT2D eigenvalue weighted by molar-refractivity contribution is 6.11. The average molecular weight is 500 g/mol. The van der Waals surface area contributed by atoms with Gasteiger partial charge in [-0.15, -0.1) is 10.2 Å². The molecule has 0 spiro atoms. The van der Waals surface area contributed by atoms with Gasteiger partial charge < -0.3 is 14.2 Å². The number of ether oxygens (including phenoxy) is 3. The van der Waals surface area contributed by atoms with Crippen molar-refractivity contribution in [3.05, 3.63) is 94.8 Å². The number of aryl methyl sites for hydroxylation is 1. The second-order valence-electron chi connectivity index (χ2n) is 9.02. The highest BCUT2D eigenvalue weighted by Crippen LogP contribution is 2.40. The number of aromatic amines is 1. The lowest BCUT2D eigenvalue weighted by Crippen LogP contribution is -2.51. The molecule has 37 heavy (non-hydrogen) atoms. The summed E-state index contributed by atoms with van der Waals surface area (Å²) in [6, 6.07) is 20.6. The molecule has 3 N–H and O–H groups in total. The summed E-state index contributed by atoms with van der Waals surface area (Å²) < 4.78 is 17.8. The first-order valence-corrected chi connectivity index (χ1v) is 12.4. The molecule has 0 fully saturated rings. The maximum absolute atomic E-state index is 13.4. The monoisotopic (exact) mass is 499 g/mol. The van der Waals surface area contributed by atoms with E-state index in [0.29, 0.717) is 29.2 Å². The fraction of sp³-hybridized carbons (Fsp3) is 0.286. The third-order valence-electron chi connectivity index (χ3n) is 6.35. The first-order valence-electron chi connectivity index (χ1n) is 12.4. The molecule has 1 aliphatic rings. The fourth-order valence-corrected chi connectivity index (χ4v) is 4.29. The van der Waals surface area contributed by atoms with Crippen molar-refractivity contribution in [2.45, 2.75) is 44.9 Å². The predicted octanol–water partition coefficient (Wildman–Crippen LogP) is 4.33. The molecule has 0 aliphatic carbocycles. The molecule has 3 aromatic carbocycles. The van der Waals surface area contributed by atoms with E-state index in [2.05, 4.69) is 45.7 Å². The summed E-state index contributed by atoms with van der Waals surface area (Å²) in [5.41, 5.74) is 8.16. The summed E-state index contributed by atoms with van der Waals surface area (Å²) in [4.78, 5) is 13.4. The van der Waals surface area contributed by atoms with E-state index in [4.69, 9.17) is 19.9 Å². The number of rotatable bonds is 10. The zero-order chi connectivity index (χ0) is 25.7. The van der Waals surface area contributed by atoms with Crippen LogP contribution in [0.3, 0.4) is 0 Å². The van der Waals surface area contributed by atoms with Gasteiger partial charge in [0.05, 0.1) is 5.56 Å². The number of carbonyl (C=O) groups excluding carboxylic acids is 1. The molecule has 0 bridgehead atoms. The van der Waals surface area contributed by atoms with Crippen LogP contribution >= 0.6 is 0 Å². The molecule has 0 saturated carbocycles. The lowest BCUT2D eigenvalue weighted by Gasteiger charge is -2.33. The number of ketones is 1. The van der Waals surface area contributed by atoms with Crippen molar-refractivity contribution in [3.8, 4) is 17.2 Å². The second-order valence-corrected chi connectivity index (χ2v) is 9.02. The van der Waals surface area contributed by atoms with Gasteiger partial charge >= 0.3 is 0 Å². The van der Waals surface area contributed by atoms with Crippen molar-refractivity contribution >= 4 is 5.78 Å². The minimum atomic E-state index is -1.47. The standard InChI is InChI=1S/C28H29N5O4/c1-2-3-4-8-19-9-5-6-10-21(19)17-35-22-15-13-20(14-16-22)25(34)23-11-7-12-24-26(23)37-28(29,18-36-24)27-30-32-33-31-27/h5-7,9-16H,2-4,8,17-18,29H2,1H3,(H,30,31,32,33). The van der Waals surface area contributed by atoms with Crippen LogP contribution in [0.15, 0.2) is 66.7 Å². The Kier molecular flexibility index (Phi) is 7.14. The van der Waals surface area contributed by atoms with Crippen LogP contribution in [-0.4, -0.2) is 33.0 Å². The summed E-state index contributed by atoms with van der Waals surface area (Å²) in [7, 11) is 0. The van der Waals surface area contributed by atoms with Crippen molar-refractivity contribution in [2.75, 3.05) is 6.61 Å². The number of unbranched alkanes of at least 4 members (excludes halogenated alkanes) is 2. The van der Waals surface area contributed by atoms with Crippen LogP contribution in [0.2, 0.25) is 0 Å². The number of nitrogens with zero attached hydrogens (tertiary/aromatic N) is 3. The van der Waals surface area contributed by atoms with Crippen LogP contribution in [0.5, 0.6) is 17.2 Å². The normalized spacial score (nSPS) is 16.4. The molecule has 0 radical (unpaired) electrons. The van der Waals surface area contributed by atoms with Gasteiger partial charge in [-0.2, -0.15) is 5.21 Å². The molecule has 190 valence electrons. The maximum Gasteiger partial charge on any atom is 0.257 e. The van der Waals surface area contributed by atoms with E-state index < -0.39 is 5.72 Å². The van der Waals surface area contributed by atoms with Crippen LogP contribution in [-0.2, 0) is 18.8 Å². The van der Waals surface area contributed by atoms with E-state index in [1.807, 2.05) is 6.07 Å². The van der Waals surface area contributed by atoms with Crippen molar-refractivity contribution < 1.29 is 19.0 Å². The number of tetrazole rings is 1. The van der Waals surface area contributed by atoms with Crippen LogP contribution in [0, 0.1) is 0 Å². The molecule has 1 unspecified atom stereocenters. The Morgan fingerprint density at radius 3 is 2.62 bits per heavy atom. The molecular weight excluding hydrogens is 470 g/mol. The lowest BCUT2D eigenvalue weighted by molar-refractivity contribution is -0.0154. The van der Waals surface area contributed by atoms with E-state index in [1.165, 1.54) is 30.4 Å². The molecule has 2 heterocycles. The number of fused-ring (bicyclic) bond motifs is 1. The van der Waals surface area contributed by atoms with E-state index in [-0.39, 0.29) is 24.0 Å². The summed E-state index contributed by atoms with van der Waals surface area (Å²) in [5, 5.41) is 13.7. The van der Waals surface area contributed by atoms with Crippen molar-refractivity contribution in [1.82, 2.24) is 20.6 Å². The van der Waals surface area contributed by atoms with Gasteiger partial charge in [0.15, 0.2) is 17.3 Å². The van der Waals surface area contributed by atoms with Crippen molar-refractivity contribution in [1.29, 1.82) is 0 Å². The third-order valence-corrected chi connectivity index (χ3v) is 6.35. The van der Waals surface area contributed by atoms with E-state index in [0.717, 1.165) is 6.42 Å². The number of aromatic nitrogens is 4. The summed E-state index contributed by atoms with van der Waals surface area (Å²) >= 11 is 0. The first kappa shape index (κ1) is 24.5. The molecule has 1 aromatic heterocycles. The number of nitrogens with two attached hydrogens (primary N) is 1. The molecule has 1 atom stereocenters. The SMILES string of the molecule is CCCCCc1ccccc1COc1ccc(C(=O)c2cccc3c2OC(N)(c2nn[nH]n2)CO3)cc1. The Balaban J connectivity index is 1.29. The summed E-state index contributed by atoms with van der Waals surface area (Å²) in [5.74, 6) is 1.26. The number of benzene rings is 3. The van der Waals surface area contributed by atoms with Gasteiger partial charge in [-0.1, -0.05) is 50.1 Å². The van der Waals surface area contributed by atoms with Crippen LogP contribution < -0.4 is 19.9 Å². The smallest absolute Gasteiger partial charge is 0.257 e. The topological polar surface area (TPSA) is 125 Å². The van der Waals surface area contributed by atoms with E-state index in [1.54, 1.807) is 42.5 Å². The predicted molar refractivity (Wildman–Crippen MR) is 136 cm³/mol. The number of para-hydroxylation sites is 1. The Hall–Kier alpha value is -4.24. The summed E-state index contributed by atoms with van der Waals surface area (Å²) in [6.45, 7) is 2.66. The van der Waals surface area contributed by atoms with Crippen molar-refractivity contribution in [2.24, 2.45) is 5.73 Å². The Morgan fingerprint density at radius 2 is 1.86 bits per heavy atom. The Bertz CT molecular complexity index is 1360. The number of hydrogen-bond donors (Lipinski definition) is 2. The number of hydrogen-bond acceptors (Lipinski definition) is 8. The average Bonchev–Trinajstić information content (AvgIpc) is 3.49. The molecule has 5 rings (SSSR count). The van der Waals surface area contributed by atoms with Gasteiger partial charge in [0.2, 0.25) is 5.82 Å². The molecule has 1 aliphatic heterocycles. The van der Waals surface area contributed by atoms with Gasteiger partial charge in [-0.05, 0) is 65.6 Å². The second kappa shape index (κ2) is 10.8. The highest BCUT2D eigenvalue weighted by Gasteiger charge is 2.41. The van der Waals surface area contributed by atoms with E-state index >= 15 is 0 Å². The molecule has 9 nitrogen and oxygen atoms in total. The number of H-pyrrole nitrogens is 1. The number of nitrogens with one attached hydrogen (secondary N) is 1. The van der Waals surface area contributed by atoms with Crippen molar-refractivity contribution in [3.63, 3.8) is 0 Å². The van der Waals surface area contributed by atoms with E-state index in [9.17, 15) is 4.79 Å². The Morgan fingerprint density at radius 1 is 1.05 bits per heavy atom. The molecule has 0 saturated heterocycles. The van der Waals surface area contributed by atoms with Gasteiger partial charge in [-0.3, -0.25) is 10.5 Å². The van der Waals surface area contributed by atoms with Gasteiger partial charge in [-0.25, -0.2) is 0 Å². The third kappa shape index (κ3) is 5.31. The largest absolute Gasteiger partial charge is 0.489 e. The molecular formula is C28H29N5O4. The quantitative estimate of drug-likeness (QED) is 0.244. The number of carbonyl (C=O) groups is 1. The molecule has 0 amide bonds. The minimum Gasteiger partial charge on any atom is -0.489 e. The van der Waals surface area contributed by atoms with Gasteiger partial charge in [0, 0.05) is 5.56 Å². The van der Waals surface area contributed by atoms with Gasteiger partial charge in [0.25, 0.3) is 5.72 Å². The zero-order valence-corrected chi connectivity index (χ0v) is 20.6. The van der Waals surface area contributed by atoms with Crippen LogP contribution in [0.4, 0.5) is 0 Å². The van der Waals surface area contributed by atoms with Crippen LogP contribution in [0.25, 0.3) is 0 Å². The molecule has 4 aromatic rings. The van der Waals surface area contributed by atoms with Gasteiger partial charge in [0.1, 0.15) is 19.0 Å². The maximum atomic E-state index is 13.4. The lowest BCUT2D eigenvalue weighted by atomic mass is 10.0. The fourth-order valence-electron chi connectivity index (χ4n) is 4.29. The Labute approximate surface area is 214 Å². The summed E-state index contributed by atoms with van der Waals surface area (Å²) in [6.07, 6.45) is 4.63. The zero-order valence-electron chi connectivity index (χ0n) is 20.6. The van der Waals surface area contributed by atoms with Crippen LogP contribution in [0.1, 0.15) is 59.1 Å².